The van der Waals surface area contributed by atoms with Crippen LogP contribution in [0.25, 0.3) is 63.8 Å². The van der Waals surface area contributed by atoms with Gasteiger partial charge < -0.3 is 21.7 Å². The lowest BCUT2D eigenvalue weighted by molar-refractivity contribution is 0.0688. The molecule has 3 aromatic carbocycles. The molecule has 0 radical (unpaired) electrons. The molecule has 7 aromatic rings. The fraction of sp³-hybridized carbons (Fsp3) is 0. The predicted molar refractivity (Wildman–Crippen MR) is 177 cm³/mol. The first-order chi connectivity index (χ1) is 21.2. The molecule has 0 unspecified atom stereocenters. The first-order valence-electron chi connectivity index (χ1n) is 13.4. The van der Waals surface area contributed by atoms with Gasteiger partial charge in [0.25, 0.3) is 0 Å². The van der Waals surface area contributed by atoms with E-state index in [1.165, 1.54) is 22.7 Å². The van der Waals surface area contributed by atoms with Crippen molar-refractivity contribution in [1.29, 1.82) is 0 Å². The van der Waals surface area contributed by atoms with Crippen molar-refractivity contribution in [2.45, 2.75) is 0 Å². The molecule has 0 saturated heterocycles. The SMILES string of the molecule is Nc1ccc(-c2ccc(-c3cc(C(=O)O)c4ccc5c(C(=O)O)cc(-c6ccc(-c7ccc(N)cc7)s6)nc5c4n3)s2)cc1. The molecule has 0 saturated carbocycles. The zero-order valence-corrected chi connectivity index (χ0v) is 24.4. The van der Waals surface area contributed by atoms with Gasteiger partial charge in [-0.15, -0.1) is 22.7 Å². The Morgan fingerprint density at radius 2 is 0.886 bits per heavy atom. The van der Waals surface area contributed by atoms with Gasteiger partial charge in [0.05, 0.1) is 43.3 Å². The average Bonchev–Trinajstić information content (AvgIpc) is 3.72. The number of rotatable bonds is 6. The molecule has 0 aliphatic carbocycles. The molecule has 0 bridgehead atoms. The van der Waals surface area contributed by atoms with Gasteiger partial charge in [0.1, 0.15) is 0 Å². The molecule has 10 heteroatoms. The molecule has 4 aromatic heterocycles. The summed E-state index contributed by atoms with van der Waals surface area (Å²) in [4.78, 5) is 38.2. The van der Waals surface area contributed by atoms with Crippen molar-refractivity contribution >= 4 is 67.8 Å². The van der Waals surface area contributed by atoms with Crippen molar-refractivity contribution in [3.8, 4) is 42.0 Å². The summed E-state index contributed by atoms with van der Waals surface area (Å²) in [6, 6.07) is 29.0. The number of benzene rings is 3. The van der Waals surface area contributed by atoms with E-state index in [1.54, 1.807) is 24.3 Å². The minimum atomic E-state index is -1.12. The van der Waals surface area contributed by atoms with Crippen molar-refractivity contribution in [2.24, 2.45) is 0 Å². The summed E-state index contributed by atoms with van der Waals surface area (Å²) in [5.41, 5.74) is 16.6. The van der Waals surface area contributed by atoms with Crippen LogP contribution in [0.4, 0.5) is 11.4 Å². The summed E-state index contributed by atoms with van der Waals surface area (Å²) < 4.78 is 0. The number of aromatic carboxylic acids is 2. The maximum atomic E-state index is 12.5. The second kappa shape index (κ2) is 10.6. The summed E-state index contributed by atoms with van der Waals surface area (Å²) in [5, 5.41) is 21.1. The molecule has 0 aliphatic heterocycles. The van der Waals surface area contributed by atoms with Gasteiger partial charge in [-0.05, 0) is 71.8 Å². The number of aromatic nitrogens is 2. The lowest BCUT2D eigenvalue weighted by atomic mass is 10.0. The normalized spacial score (nSPS) is 11.3. The Balaban J connectivity index is 1.42. The van der Waals surface area contributed by atoms with Crippen LogP contribution in [-0.2, 0) is 0 Å². The van der Waals surface area contributed by atoms with E-state index >= 15 is 0 Å². The van der Waals surface area contributed by atoms with Crippen molar-refractivity contribution in [3.63, 3.8) is 0 Å². The molecule has 8 nitrogen and oxygen atoms in total. The number of thiophene rings is 2. The minimum absolute atomic E-state index is 0.0557. The van der Waals surface area contributed by atoms with E-state index in [2.05, 4.69) is 0 Å². The Morgan fingerprint density at radius 1 is 0.523 bits per heavy atom. The third kappa shape index (κ3) is 4.81. The Morgan fingerprint density at radius 3 is 1.25 bits per heavy atom. The van der Waals surface area contributed by atoms with Gasteiger partial charge in [0.15, 0.2) is 0 Å². The molecule has 0 amide bonds. The summed E-state index contributed by atoms with van der Waals surface area (Å²) in [5.74, 6) is -2.23. The number of hydrogen-bond donors (Lipinski definition) is 4. The average molecular weight is 615 g/mol. The summed E-state index contributed by atoms with van der Waals surface area (Å²) in [6.45, 7) is 0. The number of carboxylic acid groups (broad SMARTS) is 2. The first kappa shape index (κ1) is 27.3. The van der Waals surface area contributed by atoms with E-state index < -0.39 is 11.9 Å². The number of anilines is 2. The molecular formula is C34H22N4O4S2. The fourth-order valence-electron chi connectivity index (χ4n) is 5.14. The lowest BCUT2D eigenvalue weighted by Gasteiger charge is -2.11. The highest BCUT2D eigenvalue weighted by Crippen LogP contribution is 2.39. The van der Waals surface area contributed by atoms with E-state index in [4.69, 9.17) is 21.4 Å². The number of carboxylic acids is 2. The highest BCUT2D eigenvalue weighted by Gasteiger charge is 2.21. The van der Waals surface area contributed by atoms with Crippen molar-refractivity contribution in [1.82, 2.24) is 9.97 Å². The Hall–Kier alpha value is -5.58. The molecule has 0 fully saturated rings. The summed E-state index contributed by atoms with van der Waals surface area (Å²) in [6.07, 6.45) is 0. The first-order valence-corrected chi connectivity index (χ1v) is 15.1. The maximum Gasteiger partial charge on any atom is 0.336 e. The van der Waals surface area contributed by atoms with Crippen LogP contribution in [0, 0.1) is 0 Å². The molecular weight excluding hydrogens is 593 g/mol. The van der Waals surface area contributed by atoms with Gasteiger partial charge in [-0.1, -0.05) is 36.4 Å². The standard InChI is InChI=1S/C34H22N4O4S2/c35-19-5-1-17(2-6-19)27-11-13-29(43-27)25-15-23(33(39)40)21-9-10-22-24(34(41)42)16-26(38-32(22)31(21)37-25)30-14-12-28(44-30)18-3-7-20(36)8-4-18/h1-16H,35-36H2,(H,39,40)(H,41,42). The lowest BCUT2D eigenvalue weighted by Crippen LogP contribution is -2.03. The number of carbonyl (C=O) groups is 2. The largest absolute Gasteiger partial charge is 0.478 e. The van der Waals surface area contributed by atoms with E-state index in [1.807, 2.05) is 72.8 Å². The van der Waals surface area contributed by atoms with E-state index in [0.717, 1.165) is 30.6 Å². The maximum absolute atomic E-state index is 12.5. The third-order valence-electron chi connectivity index (χ3n) is 7.33. The van der Waals surface area contributed by atoms with Crippen LogP contribution >= 0.6 is 22.7 Å². The number of pyridine rings is 2. The van der Waals surface area contributed by atoms with Gasteiger partial charge in [0.2, 0.25) is 0 Å². The predicted octanol–water partition coefficient (Wildman–Crippen LogP) is 8.13. The molecule has 0 atom stereocenters. The highest BCUT2D eigenvalue weighted by molar-refractivity contribution is 7.19. The second-order valence-corrected chi connectivity index (χ2v) is 12.3. The van der Waals surface area contributed by atoms with Crippen LogP contribution in [0.5, 0.6) is 0 Å². The number of hydrogen-bond acceptors (Lipinski definition) is 8. The van der Waals surface area contributed by atoms with Crippen molar-refractivity contribution in [3.05, 3.63) is 108 Å². The van der Waals surface area contributed by atoms with Crippen LogP contribution in [0.1, 0.15) is 20.7 Å². The quantitative estimate of drug-likeness (QED) is 0.108. The molecule has 7 rings (SSSR count). The number of nitrogens with zero attached hydrogens (tertiary/aromatic N) is 2. The van der Waals surface area contributed by atoms with Crippen LogP contribution < -0.4 is 11.5 Å². The molecule has 4 heterocycles. The fourth-order valence-corrected chi connectivity index (χ4v) is 7.08. The summed E-state index contributed by atoms with van der Waals surface area (Å²) in [7, 11) is 0. The van der Waals surface area contributed by atoms with Gasteiger partial charge >= 0.3 is 11.9 Å². The Kier molecular flexibility index (Phi) is 6.57. The molecule has 6 N–H and O–H groups in total. The number of nitrogen functional groups attached to an aromatic ring is 2. The van der Waals surface area contributed by atoms with Crippen molar-refractivity contribution < 1.29 is 19.8 Å². The monoisotopic (exact) mass is 614 g/mol. The van der Waals surface area contributed by atoms with Crippen LogP contribution in [0.15, 0.2) is 97.1 Å². The van der Waals surface area contributed by atoms with Gasteiger partial charge in [-0.2, -0.15) is 0 Å². The summed E-state index contributed by atoms with van der Waals surface area (Å²) >= 11 is 2.94. The smallest absolute Gasteiger partial charge is 0.336 e. The van der Waals surface area contributed by atoms with E-state index in [0.29, 0.717) is 44.6 Å². The van der Waals surface area contributed by atoms with Crippen LogP contribution in [-0.4, -0.2) is 32.1 Å². The van der Waals surface area contributed by atoms with Gasteiger partial charge in [-0.3, -0.25) is 0 Å². The topological polar surface area (TPSA) is 152 Å². The highest BCUT2D eigenvalue weighted by atomic mass is 32.1. The second-order valence-electron chi connectivity index (χ2n) is 10.2. The Labute approximate surface area is 258 Å². The van der Waals surface area contributed by atoms with Gasteiger partial charge in [0, 0.05) is 31.9 Å². The zero-order chi connectivity index (χ0) is 30.5. The van der Waals surface area contributed by atoms with Gasteiger partial charge in [-0.25, -0.2) is 19.6 Å². The van der Waals surface area contributed by atoms with Crippen molar-refractivity contribution in [2.75, 3.05) is 11.5 Å². The number of fused-ring (bicyclic) bond motifs is 3. The van der Waals surface area contributed by atoms with Crippen LogP contribution in [0.3, 0.4) is 0 Å². The van der Waals surface area contributed by atoms with E-state index in [9.17, 15) is 19.8 Å². The van der Waals surface area contributed by atoms with E-state index in [-0.39, 0.29) is 11.1 Å². The molecule has 44 heavy (non-hydrogen) atoms. The molecule has 214 valence electrons. The number of nitrogens with two attached hydrogens (primary N) is 2. The zero-order valence-electron chi connectivity index (χ0n) is 22.8. The molecule has 0 spiro atoms. The Bertz CT molecular complexity index is 2090. The minimum Gasteiger partial charge on any atom is -0.478 e. The molecule has 0 aliphatic rings. The third-order valence-corrected chi connectivity index (χ3v) is 9.64. The van der Waals surface area contributed by atoms with Crippen LogP contribution in [0.2, 0.25) is 0 Å².